The first-order valence-electron chi connectivity index (χ1n) is 6.21. The summed E-state index contributed by atoms with van der Waals surface area (Å²) in [6.07, 6.45) is 6.24. The average Bonchev–Trinajstić information content (AvgIpc) is 2.37. The van der Waals surface area contributed by atoms with Gasteiger partial charge in [-0.1, -0.05) is 25.0 Å². The van der Waals surface area contributed by atoms with E-state index in [1.807, 2.05) is 18.4 Å². The highest BCUT2D eigenvalue weighted by Gasteiger charge is 2.24. The molecule has 0 aliphatic heterocycles. The highest BCUT2D eigenvalue weighted by molar-refractivity contribution is 7.98. The zero-order valence-corrected chi connectivity index (χ0v) is 11.1. The third-order valence-electron chi connectivity index (χ3n) is 3.36. The van der Waals surface area contributed by atoms with Crippen LogP contribution in [-0.2, 0) is 0 Å². The van der Waals surface area contributed by atoms with Crippen LogP contribution < -0.4 is 4.74 Å². The summed E-state index contributed by atoms with van der Waals surface area (Å²) in [7, 11) is 0. The first-order chi connectivity index (χ1) is 8.31. The van der Waals surface area contributed by atoms with Gasteiger partial charge in [0.15, 0.2) is 0 Å². The molecule has 17 heavy (non-hydrogen) atoms. The lowest BCUT2D eigenvalue weighted by molar-refractivity contribution is 0.106. The fourth-order valence-corrected chi connectivity index (χ4v) is 2.72. The molecule has 0 heterocycles. The van der Waals surface area contributed by atoms with E-state index >= 15 is 0 Å². The van der Waals surface area contributed by atoms with Crippen molar-refractivity contribution in [2.75, 3.05) is 12.2 Å². The summed E-state index contributed by atoms with van der Waals surface area (Å²) in [6, 6.07) is 8.18. The Hall–Kier alpha value is -0.670. The Bertz CT molecular complexity index is 354. The fourth-order valence-electron chi connectivity index (χ4n) is 2.46. The van der Waals surface area contributed by atoms with Gasteiger partial charge in [-0.15, -0.1) is 11.8 Å². The van der Waals surface area contributed by atoms with Crippen LogP contribution in [0.1, 0.15) is 37.2 Å². The Balaban J connectivity index is 2.08. The predicted octanol–water partition coefficient (Wildman–Crippen LogP) is 3.40. The normalized spacial score (nSPS) is 24.6. The van der Waals surface area contributed by atoms with Gasteiger partial charge in [0.05, 0.1) is 6.10 Å². The van der Waals surface area contributed by atoms with Crippen molar-refractivity contribution >= 4 is 11.8 Å². The van der Waals surface area contributed by atoms with E-state index in [1.54, 1.807) is 11.8 Å². The van der Waals surface area contributed by atoms with Gasteiger partial charge in [-0.05, 0) is 36.8 Å². The Morgan fingerprint density at radius 1 is 1.35 bits per heavy atom. The van der Waals surface area contributed by atoms with Crippen molar-refractivity contribution in [1.29, 1.82) is 0 Å². The Morgan fingerprint density at radius 3 is 2.94 bits per heavy atom. The number of rotatable bonds is 4. The number of benzene rings is 1. The minimum absolute atomic E-state index is 0.181. The molecule has 2 atom stereocenters. The number of thioether (sulfide) groups is 1. The minimum atomic E-state index is -0.181. The summed E-state index contributed by atoms with van der Waals surface area (Å²) < 4.78 is 5.60. The van der Waals surface area contributed by atoms with Crippen LogP contribution in [0.15, 0.2) is 24.3 Å². The SMILES string of the molecule is CSCOc1cccc(C2CCCCC2O)c1. The maximum Gasteiger partial charge on any atom is 0.133 e. The molecule has 1 N–H and O–H groups in total. The summed E-state index contributed by atoms with van der Waals surface area (Å²) in [5.74, 6) is 1.88. The number of aliphatic hydroxyl groups excluding tert-OH is 1. The van der Waals surface area contributed by atoms with E-state index in [9.17, 15) is 5.11 Å². The fraction of sp³-hybridized carbons (Fsp3) is 0.571. The zero-order valence-electron chi connectivity index (χ0n) is 10.3. The maximum atomic E-state index is 10.0. The number of aliphatic hydroxyl groups is 1. The lowest BCUT2D eigenvalue weighted by Gasteiger charge is -2.28. The second-order valence-electron chi connectivity index (χ2n) is 4.58. The molecule has 2 unspecified atom stereocenters. The third kappa shape index (κ3) is 3.39. The van der Waals surface area contributed by atoms with Crippen LogP contribution in [0.3, 0.4) is 0 Å². The molecule has 1 saturated carbocycles. The Labute approximate surface area is 107 Å². The van der Waals surface area contributed by atoms with Gasteiger partial charge < -0.3 is 9.84 Å². The van der Waals surface area contributed by atoms with Gasteiger partial charge in [-0.2, -0.15) is 0 Å². The Kier molecular flexibility index (Phi) is 4.75. The second kappa shape index (κ2) is 6.31. The van der Waals surface area contributed by atoms with Gasteiger partial charge in [0.2, 0.25) is 0 Å². The van der Waals surface area contributed by atoms with Gasteiger partial charge in [-0.3, -0.25) is 0 Å². The van der Waals surface area contributed by atoms with E-state index in [0.717, 1.165) is 25.0 Å². The lowest BCUT2D eigenvalue weighted by atomic mass is 9.82. The monoisotopic (exact) mass is 252 g/mol. The summed E-state index contributed by atoms with van der Waals surface area (Å²) in [5, 5.41) is 10.0. The van der Waals surface area contributed by atoms with Crippen molar-refractivity contribution < 1.29 is 9.84 Å². The molecule has 0 bridgehead atoms. The van der Waals surface area contributed by atoms with Crippen LogP contribution in [-0.4, -0.2) is 23.4 Å². The summed E-state index contributed by atoms with van der Waals surface area (Å²) >= 11 is 1.67. The molecule has 1 fully saturated rings. The van der Waals surface area contributed by atoms with Crippen LogP contribution in [0.4, 0.5) is 0 Å². The molecule has 2 rings (SSSR count). The first kappa shape index (κ1) is 12.8. The molecule has 0 saturated heterocycles. The van der Waals surface area contributed by atoms with E-state index in [4.69, 9.17) is 4.74 Å². The third-order valence-corrected chi connectivity index (χ3v) is 3.71. The van der Waals surface area contributed by atoms with E-state index in [0.29, 0.717) is 11.9 Å². The molecular formula is C14H20O2S. The van der Waals surface area contributed by atoms with Crippen molar-refractivity contribution in [2.45, 2.75) is 37.7 Å². The van der Waals surface area contributed by atoms with Crippen LogP contribution in [0, 0.1) is 0 Å². The van der Waals surface area contributed by atoms with Crippen LogP contribution in [0.25, 0.3) is 0 Å². The summed E-state index contributed by atoms with van der Waals surface area (Å²) in [5.41, 5.74) is 1.22. The summed E-state index contributed by atoms with van der Waals surface area (Å²) in [4.78, 5) is 0. The van der Waals surface area contributed by atoms with Crippen molar-refractivity contribution in [3.8, 4) is 5.75 Å². The predicted molar refractivity (Wildman–Crippen MR) is 72.7 cm³/mol. The molecule has 1 aliphatic rings. The number of hydrogen-bond donors (Lipinski definition) is 1. The van der Waals surface area contributed by atoms with Gasteiger partial charge in [-0.25, -0.2) is 0 Å². The maximum absolute atomic E-state index is 10.0. The Morgan fingerprint density at radius 2 is 2.18 bits per heavy atom. The molecule has 94 valence electrons. The van der Waals surface area contributed by atoms with Gasteiger partial charge >= 0.3 is 0 Å². The molecule has 1 aliphatic carbocycles. The molecule has 0 aromatic heterocycles. The molecule has 1 aromatic carbocycles. The van der Waals surface area contributed by atoms with Crippen LogP contribution >= 0.6 is 11.8 Å². The highest BCUT2D eigenvalue weighted by Crippen LogP contribution is 2.34. The second-order valence-corrected chi connectivity index (χ2v) is 5.39. The molecule has 2 nitrogen and oxygen atoms in total. The first-order valence-corrected chi connectivity index (χ1v) is 7.60. The number of ether oxygens (including phenoxy) is 1. The smallest absolute Gasteiger partial charge is 0.133 e. The standard InChI is InChI=1S/C14H20O2S/c1-17-10-16-12-6-4-5-11(9-12)13-7-2-3-8-14(13)15/h4-6,9,13-15H,2-3,7-8,10H2,1H3. The number of hydrogen-bond acceptors (Lipinski definition) is 3. The van der Waals surface area contributed by atoms with Crippen molar-refractivity contribution in [3.05, 3.63) is 29.8 Å². The zero-order chi connectivity index (χ0) is 12.1. The molecule has 3 heteroatoms. The van der Waals surface area contributed by atoms with Gasteiger partial charge in [0, 0.05) is 5.92 Å². The van der Waals surface area contributed by atoms with Crippen molar-refractivity contribution in [1.82, 2.24) is 0 Å². The lowest BCUT2D eigenvalue weighted by Crippen LogP contribution is -2.22. The largest absolute Gasteiger partial charge is 0.483 e. The molecule has 0 amide bonds. The summed E-state index contributed by atoms with van der Waals surface area (Å²) in [6.45, 7) is 0. The molecule has 0 radical (unpaired) electrons. The average molecular weight is 252 g/mol. The van der Waals surface area contributed by atoms with Crippen molar-refractivity contribution in [2.24, 2.45) is 0 Å². The van der Waals surface area contributed by atoms with E-state index < -0.39 is 0 Å². The van der Waals surface area contributed by atoms with E-state index in [1.165, 1.54) is 12.0 Å². The van der Waals surface area contributed by atoms with E-state index in [2.05, 4.69) is 12.1 Å². The minimum Gasteiger partial charge on any atom is -0.483 e. The molecular weight excluding hydrogens is 232 g/mol. The van der Waals surface area contributed by atoms with Crippen molar-refractivity contribution in [3.63, 3.8) is 0 Å². The quantitative estimate of drug-likeness (QED) is 0.833. The van der Waals surface area contributed by atoms with Gasteiger partial charge in [0.1, 0.15) is 11.7 Å². The topological polar surface area (TPSA) is 29.5 Å². The van der Waals surface area contributed by atoms with Gasteiger partial charge in [0.25, 0.3) is 0 Å². The highest BCUT2D eigenvalue weighted by atomic mass is 32.2. The van der Waals surface area contributed by atoms with Crippen LogP contribution in [0.2, 0.25) is 0 Å². The van der Waals surface area contributed by atoms with Crippen LogP contribution in [0.5, 0.6) is 5.75 Å². The van der Waals surface area contributed by atoms with E-state index in [-0.39, 0.29) is 6.10 Å². The molecule has 0 spiro atoms. The molecule has 1 aromatic rings.